The molecule has 2 aromatic rings. The smallest absolute Gasteiger partial charge is 0.251 e. The topological polar surface area (TPSA) is 125 Å². The lowest BCUT2D eigenvalue weighted by Crippen LogP contribution is -2.50. The Kier molecular flexibility index (Phi) is 10.4. The summed E-state index contributed by atoms with van der Waals surface area (Å²) in [5.74, 6) is -1.41. The lowest BCUT2D eigenvalue weighted by atomic mass is 10.0. The van der Waals surface area contributed by atoms with Crippen LogP contribution in [0.3, 0.4) is 0 Å². The van der Waals surface area contributed by atoms with Gasteiger partial charge in [-0.2, -0.15) is 4.31 Å². The minimum absolute atomic E-state index is 0.0218. The van der Waals surface area contributed by atoms with E-state index in [0.717, 1.165) is 0 Å². The first-order valence-corrected chi connectivity index (χ1v) is 13.1. The van der Waals surface area contributed by atoms with Crippen LogP contribution in [0.2, 0.25) is 0 Å². The Hall–Kier alpha value is -3.24. The standard InChI is InChI=1S/C25H34N4O5S/c1-5-29(6-2)35(33,34)21-14-10-13-20(17-21)24(31)28-22(18(3)4)25(32)27-16-15-26-23(30)19-11-8-7-9-12-19/h7-14,17-18,22H,5-6,15-16H2,1-4H3,(H,26,30)(H,27,32)(H,28,31)/t22-/m1/s1. The van der Waals surface area contributed by atoms with Crippen molar-refractivity contribution in [1.82, 2.24) is 20.3 Å². The van der Waals surface area contributed by atoms with Crippen molar-refractivity contribution < 1.29 is 22.8 Å². The Labute approximate surface area is 207 Å². The number of nitrogens with zero attached hydrogens (tertiary/aromatic N) is 1. The van der Waals surface area contributed by atoms with E-state index in [2.05, 4.69) is 16.0 Å². The number of carbonyl (C=O) groups is 3. The summed E-state index contributed by atoms with van der Waals surface area (Å²) in [6.45, 7) is 8.13. The van der Waals surface area contributed by atoms with Crippen LogP contribution < -0.4 is 16.0 Å². The first-order chi connectivity index (χ1) is 16.6. The summed E-state index contributed by atoms with van der Waals surface area (Å²) in [5.41, 5.74) is 0.670. The van der Waals surface area contributed by atoms with Crippen LogP contribution >= 0.6 is 0 Å². The molecule has 0 bridgehead atoms. The average molecular weight is 503 g/mol. The lowest BCUT2D eigenvalue weighted by Gasteiger charge is -2.22. The fraction of sp³-hybridized carbons (Fsp3) is 0.400. The van der Waals surface area contributed by atoms with Crippen LogP contribution in [0, 0.1) is 5.92 Å². The largest absolute Gasteiger partial charge is 0.353 e. The predicted molar refractivity (Wildman–Crippen MR) is 134 cm³/mol. The van der Waals surface area contributed by atoms with Gasteiger partial charge in [-0.05, 0) is 36.2 Å². The van der Waals surface area contributed by atoms with E-state index in [1.54, 1.807) is 52.0 Å². The van der Waals surface area contributed by atoms with Crippen LogP contribution in [0.4, 0.5) is 0 Å². The summed E-state index contributed by atoms with van der Waals surface area (Å²) >= 11 is 0. The van der Waals surface area contributed by atoms with E-state index in [1.165, 1.54) is 28.6 Å². The molecule has 3 N–H and O–H groups in total. The molecule has 0 aliphatic carbocycles. The van der Waals surface area contributed by atoms with Crippen LogP contribution in [0.25, 0.3) is 0 Å². The summed E-state index contributed by atoms with van der Waals surface area (Å²) < 4.78 is 26.9. The minimum Gasteiger partial charge on any atom is -0.353 e. The van der Waals surface area contributed by atoms with Crippen LogP contribution in [0.5, 0.6) is 0 Å². The Morgan fingerprint density at radius 2 is 1.43 bits per heavy atom. The highest BCUT2D eigenvalue weighted by Crippen LogP contribution is 2.17. The summed E-state index contributed by atoms with van der Waals surface area (Å²) in [6.07, 6.45) is 0. The molecular formula is C25H34N4O5S. The van der Waals surface area contributed by atoms with Gasteiger partial charge in [-0.3, -0.25) is 14.4 Å². The van der Waals surface area contributed by atoms with Crippen LogP contribution in [0.1, 0.15) is 48.4 Å². The first kappa shape index (κ1) is 28.0. The van der Waals surface area contributed by atoms with Crippen molar-refractivity contribution in [3.63, 3.8) is 0 Å². The molecule has 2 rings (SSSR count). The van der Waals surface area contributed by atoms with Crippen molar-refractivity contribution in [2.75, 3.05) is 26.2 Å². The molecular weight excluding hydrogens is 468 g/mol. The monoisotopic (exact) mass is 502 g/mol. The van der Waals surface area contributed by atoms with Crippen molar-refractivity contribution >= 4 is 27.7 Å². The number of benzene rings is 2. The maximum atomic E-state index is 12.9. The zero-order valence-electron chi connectivity index (χ0n) is 20.6. The van der Waals surface area contributed by atoms with E-state index in [1.807, 2.05) is 6.07 Å². The predicted octanol–water partition coefficient (Wildman–Crippen LogP) is 2.02. The van der Waals surface area contributed by atoms with Gasteiger partial charge in [-0.1, -0.05) is 52.0 Å². The van der Waals surface area contributed by atoms with Gasteiger partial charge in [-0.25, -0.2) is 8.42 Å². The molecule has 1 atom stereocenters. The fourth-order valence-corrected chi connectivity index (χ4v) is 4.94. The van der Waals surface area contributed by atoms with E-state index < -0.39 is 27.9 Å². The summed E-state index contributed by atoms with van der Waals surface area (Å²) in [4.78, 5) is 37.7. The maximum absolute atomic E-state index is 12.9. The van der Waals surface area contributed by atoms with Crippen molar-refractivity contribution in [1.29, 1.82) is 0 Å². The molecule has 0 aliphatic rings. The maximum Gasteiger partial charge on any atom is 0.251 e. The van der Waals surface area contributed by atoms with Crippen molar-refractivity contribution in [3.8, 4) is 0 Å². The van der Waals surface area contributed by atoms with Crippen molar-refractivity contribution in [2.45, 2.75) is 38.6 Å². The van der Waals surface area contributed by atoms with E-state index in [0.29, 0.717) is 18.7 Å². The third kappa shape index (κ3) is 7.63. The molecule has 0 fully saturated rings. The van der Waals surface area contributed by atoms with E-state index in [4.69, 9.17) is 0 Å². The van der Waals surface area contributed by atoms with Gasteiger partial charge in [0.2, 0.25) is 15.9 Å². The Bertz CT molecular complexity index is 1120. The molecule has 35 heavy (non-hydrogen) atoms. The van der Waals surface area contributed by atoms with Crippen LogP contribution in [-0.4, -0.2) is 62.7 Å². The Balaban J connectivity index is 1.99. The Morgan fingerprint density at radius 3 is 2.03 bits per heavy atom. The van der Waals surface area contributed by atoms with Gasteiger partial charge in [0.1, 0.15) is 6.04 Å². The quantitative estimate of drug-likeness (QED) is 0.383. The highest BCUT2D eigenvalue weighted by Gasteiger charge is 2.26. The lowest BCUT2D eigenvalue weighted by molar-refractivity contribution is -0.123. The van der Waals surface area contributed by atoms with E-state index >= 15 is 0 Å². The molecule has 3 amide bonds. The summed E-state index contributed by atoms with van der Waals surface area (Å²) in [7, 11) is -3.72. The molecule has 0 unspecified atom stereocenters. The fourth-order valence-electron chi connectivity index (χ4n) is 3.43. The van der Waals surface area contributed by atoms with Crippen molar-refractivity contribution in [2.24, 2.45) is 5.92 Å². The molecule has 0 saturated heterocycles. The first-order valence-electron chi connectivity index (χ1n) is 11.6. The third-order valence-electron chi connectivity index (χ3n) is 5.42. The zero-order chi connectivity index (χ0) is 26.0. The van der Waals surface area contributed by atoms with Gasteiger partial charge >= 0.3 is 0 Å². The third-order valence-corrected chi connectivity index (χ3v) is 7.47. The zero-order valence-corrected chi connectivity index (χ0v) is 21.4. The van der Waals surface area contributed by atoms with Crippen LogP contribution in [0.15, 0.2) is 59.5 Å². The van der Waals surface area contributed by atoms with Crippen molar-refractivity contribution in [3.05, 3.63) is 65.7 Å². The van der Waals surface area contributed by atoms with E-state index in [9.17, 15) is 22.8 Å². The number of rotatable bonds is 12. The second-order valence-electron chi connectivity index (χ2n) is 8.23. The molecule has 9 nitrogen and oxygen atoms in total. The molecule has 0 aliphatic heterocycles. The molecule has 0 saturated carbocycles. The van der Waals surface area contributed by atoms with Crippen LogP contribution in [-0.2, 0) is 14.8 Å². The number of carbonyl (C=O) groups excluding carboxylic acids is 3. The molecule has 0 heterocycles. The number of nitrogens with one attached hydrogen (secondary N) is 3. The molecule has 10 heteroatoms. The summed E-state index contributed by atoms with van der Waals surface area (Å²) in [6, 6.07) is 13.7. The SMILES string of the molecule is CCN(CC)S(=O)(=O)c1cccc(C(=O)N[C@@H](C(=O)NCCNC(=O)c2ccccc2)C(C)C)c1. The highest BCUT2D eigenvalue weighted by molar-refractivity contribution is 7.89. The second-order valence-corrected chi connectivity index (χ2v) is 10.2. The molecule has 0 radical (unpaired) electrons. The Morgan fingerprint density at radius 1 is 0.829 bits per heavy atom. The second kappa shape index (κ2) is 13.0. The molecule has 190 valence electrons. The number of hydrogen-bond acceptors (Lipinski definition) is 5. The van der Waals surface area contributed by atoms with Gasteiger partial charge in [0, 0.05) is 37.3 Å². The van der Waals surface area contributed by atoms with E-state index in [-0.39, 0.29) is 35.4 Å². The van der Waals surface area contributed by atoms with Gasteiger partial charge < -0.3 is 16.0 Å². The highest BCUT2D eigenvalue weighted by atomic mass is 32.2. The number of sulfonamides is 1. The average Bonchev–Trinajstić information content (AvgIpc) is 2.85. The van der Waals surface area contributed by atoms with Gasteiger partial charge in [0.05, 0.1) is 4.90 Å². The van der Waals surface area contributed by atoms with Gasteiger partial charge in [0.25, 0.3) is 11.8 Å². The number of hydrogen-bond donors (Lipinski definition) is 3. The van der Waals surface area contributed by atoms with Gasteiger partial charge in [-0.15, -0.1) is 0 Å². The molecule has 0 aromatic heterocycles. The molecule has 2 aromatic carbocycles. The normalized spacial score (nSPS) is 12.3. The number of amides is 3. The van der Waals surface area contributed by atoms with Gasteiger partial charge in [0.15, 0.2) is 0 Å². The molecule has 0 spiro atoms. The summed E-state index contributed by atoms with van der Waals surface area (Å²) in [5, 5.41) is 8.15. The minimum atomic E-state index is -3.72.